The van der Waals surface area contributed by atoms with Gasteiger partial charge in [0.1, 0.15) is 0 Å². The molecule has 0 bridgehead atoms. The Hall–Kier alpha value is -1.10. The molecular formula is C11H20N2O3. The number of nitrogens with one attached hydrogen (secondary N) is 2. The summed E-state index contributed by atoms with van der Waals surface area (Å²) in [6, 6.07) is 0.130. The van der Waals surface area contributed by atoms with Crippen LogP contribution >= 0.6 is 0 Å². The Kier molecular flexibility index (Phi) is 4.29. The lowest BCUT2D eigenvalue weighted by atomic mass is 10.1. The van der Waals surface area contributed by atoms with Crippen molar-refractivity contribution in [2.45, 2.75) is 39.2 Å². The molecule has 5 nitrogen and oxygen atoms in total. The quantitative estimate of drug-likeness (QED) is 0.587. The Morgan fingerprint density at radius 1 is 1.44 bits per heavy atom. The van der Waals surface area contributed by atoms with Crippen LogP contribution in [0.2, 0.25) is 0 Å². The Balaban J connectivity index is 2.23. The van der Waals surface area contributed by atoms with Crippen LogP contribution in [0.4, 0.5) is 0 Å². The van der Waals surface area contributed by atoms with Crippen molar-refractivity contribution >= 4 is 11.9 Å². The van der Waals surface area contributed by atoms with Gasteiger partial charge in [-0.25, -0.2) is 0 Å². The molecule has 1 fully saturated rings. The third-order valence-corrected chi connectivity index (χ3v) is 2.98. The predicted octanol–water partition coefficient (Wildman–Crippen LogP) is 0.355. The van der Waals surface area contributed by atoms with E-state index in [2.05, 4.69) is 10.6 Å². The molecule has 92 valence electrons. The first kappa shape index (κ1) is 13.0. The van der Waals surface area contributed by atoms with Gasteiger partial charge in [0, 0.05) is 19.0 Å². The average Bonchev–Trinajstić information content (AvgIpc) is 2.95. The minimum atomic E-state index is -0.799. The van der Waals surface area contributed by atoms with Crippen LogP contribution in [0.15, 0.2) is 0 Å². The van der Waals surface area contributed by atoms with E-state index in [4.69, 9.17) is 5.11 Å². The SMILES string of the molecule is CCNC(C)CC(=O)NCC1(C(=O)O)CC1. The number of carbonyl (C=O) groups excluding carboxylic acids is 1. The lowest BCUT2D eigenvalue weighted by molar-refractivity contribution is -0.143. The number of hydrogen-bond donors (Lipinski definition) is 3. The summed E-state index contributed by atoms with van der Waals surface area (Å²) < 4.78 is 0. The molecule has 0 radical (unpaired) electrons. The summed E-state index contributed by atoms with van der Waals surface area (Å²) in [5.41, 5.74) is -0.670. The zero-order valence-corrected chi connectivity index (χ0v) is 9.88. The lowest BCUT2D eigenvalue weighted by Crippen LogP contribution is -2.38. The van der Waals surface area contributed by atoms with Crippen molar-refractivity contribution in [1.82, 2.24) is 10.6 Å². The molecule has 3 N–H and O–H groups in total. The van der Waals surface area contributed by atoms with Crippen molar-refractivity contribution in [3.8, 4) is 0 Å². The molecular weight excluding hydrogens is 208 g/mol. The smallest absolute Gasteiger partial charge is 0.311 e. The van der Waals surface area contributed by atoms with E-state index >= 15 is 0 Å². The fraction of sp³-hybridized carbons (Fsp3) is 0.818. The van der Waals surface area contributed by atoms with E-state index < -0.39 is 11.4 Å². The van der Waals surface area contributed by atoms with Crippen LogP contribution in [0.3, 0.4) is 0 Å². The van der Waals surface area contributed by atoms with Crippen LogP contribution in [0.5, 0.6) is 0 Å². The number of hydrogen-bond acceptors (Lipinski definition) is 3. The van der Waals surface area contributed by atoms with E-state index in [-0.39, 0.29) is 18.5 Å². The molecule has 0 aliphatic heterocycles. The summed E-state index contributed by atoms with van der Waals surface area (Å²) in [7, 11) is 0. The van der Waals surface area contributed by atoms with E-state index in [0.29, 0.717) is 19.3 Å². The summed E-state index contributed by atoms with van der Waals surface area (Å²) in [6.07, 6.45) is 1.74. The van der Waals surface area contributed by atoms with Gasteiger partial charge >= 0.3 is 5.97 Å². The van der Waals surface area contributed by atoms with Crippen molar-refractivity contribution in [2.75, 3.05) is 13.1 Å². The van der Waals surface area contributed by atoms with E-state index in [1.54, 1.807) is 0 Å². The zero-order chi connectivity index (χ0) is 12.2. The van der Waals surface area contributed by atoms with Crippen molar-refractivity contribution < 1.29 is 14.7 Å². The van der Waals surface area contributed by atoms with Gasteiger partial charge in [0.25, 0.3) is 0 Å². The molecule has 16 heavy (non-hydrogen) atoms. The molecule has 0 aromatic heterocycles. The van der Waals surface area contributed by atoms with Gasteiger partial charge in [-0.1, -0.05) is 6.92 Å². The number of carboxylic acid groups (broad SMARTS) is 1. The number of amides is 1. The number of carboxylic acids is 1. The molecule has 1 saturated carbocycles. The topological polar surface area (TPSA) is 78.4 Å². The second-order valence-electron chi connectivity index (χ2n) is 4.53. The highest BCUT2D eigenvalue weighted by Gasteiger charge is 2.50. The van der Waals surface area contributed by atoms with Crippen LogP contribution in [0.25, 0.3) is 0 Å². The Morgan fingerprint density at radius 2 is 2.06 bits per heavy atom. The van der Waals surface area contributed by atoms with Crippen LogP contribution in [0, 0.1) is 5.41 Å². The molecule has 1 aliphatic rings. The number of carbonyl (C=O) groups is 2. The van der Waals surface area contributed by atoms with E-state index in [1.807, 2.05) is 13.8 Å². The number of aliphatic carboxylic acids is 1. The highest BCUT2D eigenvalue weighted by Crippen LogP contribution is 2.45. The summed E-state index contributed by atoms with van der Waals surface area (Å²) in [6.45, 7) is 5.01. The lowest BCUT2D eigenvalue weighted by Gasteiger charge is -2.14. The first-order chi connectivity index (χ1) is 7.50. The van der Waals surface area contributed by atoms with Crippen LogP contribution in [0.1, 0.15) is 33.1 Å². The van der Waals surface area contributed by atoms with Gasteiger partial charge in [0.15, 0.2) is 0 Å². The Bertz CT molecular complexity index is 274. The molecule has 0 aromatic carbocycles. The highest BCUT2D eigenvalue weighted by atomic mass is 16.4. The minimum absolute atomic E-state index is 0.0824. The maximum absolute atomic E-state index is 11.5. The monoisotopic (exact) mass is 228 g/mol. The fourth-order valence-electron chi connectivity index (χ4n) is 1.66. The molecule has 1 atom stereocenters. The number of rotatable bonds is 7. The summed E-state index contributed by atoms with van der Waals surface area (Å²) in [5.74, 6) is -0.881. The van der Waals surface area contributed by atoms with Crippen molar-refractivity contribution in [2.24, 2.45) is 5.41 Å². The van der Waals surface area contributed by atoms with Crippen LogP contribution < -0.4 is 10.6 Å². The molecule has 1 unspecified atom stereocenters. The van der Waals surface area contributed by atoms with Gasteiger partial charge in [-0.2, -0.15) is 0 Å². The maximum atomic E-state index is 11.5. The maximum Gasteiger partial charge on any atom is 0.311 e. The van der Waals surface area contributed by atoms with Gasteiger partial charge in [-0.3, -0.25) is 9.59 Å². The van der Waals surface area contributed by atoms with E-state index in [0.717, 1.165) is 6.54 Å². The zero-order valence-electron chi connectivity index (χ0n) is 9.88. The normalized spacial score (nSPS) is 18.9. The third kappa shape index (κ3) is 3.48. The summed E-state index contributed by atoms with van der Waals surface area (Å²) in [4.78, 5) is 22.3. The predicted molar refractivity (Wildman–Crippen MR) is 60.1 cm³/mol. The highest BCUT2D eigenvalue weighted by molar-refractivity contribution is 5.81. The largest absolute Gasteiger partial charge is 0.481 e. The Morgan fingerprint density at radius 3 is 2.50 bits per heavy atom. The van der Waals surface area contributed by atoms with Crippen LogP contribution in [-0.2, 0) is 9.59 Å². The van der Waals surface area contributed by atoms with Crippen molar-refractivity contribution in [1.29, 1.82) is 0 Å². The first-order valence-electron chi connectivity index (χ1n) is 5.73. The van der Waals surface area contributed by atoms with Crippen LogP contribution in [-0.4, -0.2) is 36.1 Å². The second kappa shape index (κ2) is 5.30. The fourth-order valence-corrected chi connectivity index (χ4v) is 1.66. The van der Waals surface area contributed by atoms with Gasteiger partial charge in [-0.15, -0.1) is 0 Å². The standard InChI is InChI=1S/C11H20N2O3/c1-3-12-8(2)6-9(14)13-7-11(4-5-11)10(15)16/h8,12H,3-7H2,1-2H3,(H,13,14)(H,15,16). The first-order valence-corrected chi connectivity index (χ1v) is 5.73. The summed E-state index contributed by atoms with van der Waals surface area (Å²) in [5, 5.41) is 14.8. The van der Waals surface area contributed by atoms with Gasteiger partial charge in [-0.05, 0) is 26.3 Å². The van der Waals surface area contributed by atoms with Crippen molar-refractivity contribution in [3.63, 3.8) is 0 Å². The minimum Gasteiger partial charge on any atom is -0.481 e. The van der Waals surface area contributed by atoms with Gasteiger partial charge in [0.2, 0.25) is 5.91 Å². The van der Waals surface area contributed by atoms with Gasteiger partial charge in [0.05, 0.1) is 5.41 Å². The van der Waals surface area contributed by atoms with Crippen molar-refractivity contribution in [3.05, 3.63) is 0 Å². The molecule has 0 aromatic rings. The Labute approximate surface area is 95.6 Å². The molecule has 1 rings (SSSR count). The van der Waals surface area contributed by atoms with E-state index in [9.17, 15) is 9.59 Å². The molecule has 5 heteroatoms. The molecule has 0 saturated heterocycles. The molecule has 0 spiro atoms. The molecule has 1 aliphatic carbocycles. The molecule has 1 amide bonds. The third-order valence-electron chi connectivity index (χ3n) is 2.98. The van der Waals surface area contributed by atoms with Gasteiger partial charge < -0.3 is 15.7 Å². The van der Waals surface area contributed by atoms with E-state index in [1.165, 1.54) is 0 Å². The average molecular weight is 228 g/mol. The molecule has 0 heterocycles. The summed E-state index contributed by atoms with van der Waals surface area (Å²) >= 11 is 0. The second-order valence-corrected chi connectivity index (χ2v) is 4.53.